The Morgan fingerprint density at radius 1 is 1.02 bits per heavy atom. The molecule has 4 aromatic rings. The zero-order chi connectivity index (χ0) is 29.1. The van der Waals surface area contributed by atoms with Crippen molar-refractivity contribution < 1.29 is 29.3 Å². The van der Waals surface area contributed by atoms with Gasteiger partial charge in [-0.3, -0.25) is 14.6 Å². The van der Waals surface area contributed by atoms with Crippen LogP contribution in [0.3, 0.4) is 0 Å². The monoisotopic (exact) mass is 614 g/mol. The van der Waals surface area contributed by atoms with Crippen molar-refractivity contribution in [3.63, 3.8) is 0 Å². The van der Waals surface area contributed by atoms with Crippen LogP contribution in [0, 0.1) is 6.92 Å². The Kier molecular flexibility index (Phi) is 8.07. The average molecular weight is 615 g/mol. The number of nitrogens with zero attached hydrogens (tertiary/aromatic N) is 2. The molecule has 0 radical (unpaired) electrons. The number of phenolic OH excluding ortho intramolecular Hbond substituents is 1. The number of halogens is 1. The van der Waals surface area contributed by atoms with Crippen LogP contribution in [-0.2, 0) is 22.7 Å². The van der Waals surface area contributed by atoms with Gasteiger partial charge in [0.2, 0.25) is 0 Å². The zero-order valence-corrected chi connectivity index (χ0v) is 24.0. The Hall–Kier alpha value is -4.63. The molecule has 1 unspecified atom stereocenters. The topological polar surface area (TPSA) is 109 Å². The van der Waals surface area contributed by atoms with Crippen molar-refractivity contribution in [2.45, 2.75) is 26.1 Å². The number of carbonyl (C=O) groups is 2. The molecule has 1 fully saturated rings. The summed E-state index contributed by atoms with van der Waals surface area (Å²) in [7, 11) is 1.40. The fourth-order valence-corrected chi connectivity index (χ4v) is 5.24. The molecule has 0 spiro atoms. The summed E-state index contributed by atoms with van der Waals surface area (Å²) in [4.78, 5) is 32.2. The summed E-state index contributed by atoms with van der Waals surface area (Å²) in [6.45, 7) is 2.50. The summed E-state index contributed by atoms with van der Waals surface area (Å²) in [6, 6.07) is 20.3. The van der Waals surface area contributed by atoms with Crippen LogP contribution in [-0.4, -0.2) is 38.9 Å². The molecule has 0 saturated carbocycles. The summed E-state index contributed by atoms with van der Waals surface area (Å²) >= 11 is 3.33. The normalized spacial score (nSPS) is 16.2. The standard InChI is InChI=1S/C32H27BrN2O6/c1-19-5-3-4-6-22(19)18-41-24-9-7-21(8-10-24)29(36)27-28(23-15-25(33)30(37)26(16-23)40-2)35(32(39)31(27)38)17-20-11-13-34-14-12-20/h3-16,28,36-37H,17-18H2,1-2H3/b29-27+. The Morgan fingerprint density at radius 3 is 2.41 bits per heavy atom. The van der Waals surface area contributed by atoms with Crippen molar-refractivity contribution in [2.24, 2.45) is 0 Å². The molecule has 1 aliphatic heterocycles. The van der Waals surface area contributed by atoms with E-state index in [0.717, 1.165) is 16.7 Å². The lowest BCUT2D eigenvalue weighted by Crippen LogP contribution is -2.29. The molecule has 1 aliphatic rings. The number of aryl methyl sites for hydroxylation is 1. The maximum absolute atomic E-state index is 13.4. The Morgan fingerprint density at radius 2 is 1.73 bits per heavy atom. The number of aromatic hydroxyl groups is 1. The highest BCUT2D eigenvalue weighted by atomic mass is 79.9. The molecule has 9 heteroatoms. The molecule has 3 aromatic carbocycles. The Labute approximate surface area is 245 Å². The van der Waals surface area contributed by atoms with Gasteiger partial charge in [0.05, 0.1) is 23.2 Å². The van der Waals surface area contributed by atoms with Gasteiger partial charge >= 0.3 is 0 Å². The molecule has 2 N–H and O–H groups in total. The van der Waals surface area contributed by atoms with Gasteiger partial charge in [0.15, 0.2) is 11.5 Å². The van der Waals surface area contributed by atoms with Crippen LogP contribution < -0.4 is 9.47 Å². The van der Waals surface area contributed by atoms with Gasteiger partial charge in [-0.05, 0) is 93.6 Å². The van der Waals surface area contributed by atoms with Crippen LogP contribution in [0.15, 0.2) is 95.2 Å². The minimum atomic E-state index is -0.953. The number of methoxy groups -OCH3 is 1. The van der Waals surface area contributed by atoms with Crippen LogP contribution in [0.1, 0.15) is 33.9 Å². The van der Waals surface area contributed by atoms with Crippen LogP contribution in [0.5, 0.6) is 17.2 Å². The number of ketones is 1. The van der Waals surface area contributed by atoms with Crippen molar-refractivity contribution in [3.8, 4) is 17.2 Å². The number of carbonyl (C=O) groups excluding carboxylic acids is 2. The molecule has 0 bridgehead atoms. The molecular weight excluding hydrogens is 588 g/mol. The number of Topliss-reactive ketones (excluding diaryl/α,β-unsaturated/α-hetero) is 1. The van der Waals surface area contributed by atoms with Crippen LogP contribution in [0.25, 0.3) is 5.76 Å². The van der Waals surface area contributed by atoms with Gasteiger partial charge in [-0.1, -0.05) is 24.3 Å². The van der Waals surface area contributed by atoms with Crippen molar-refractivity contribution in [2.75, 3.05) is 7.11 Å². The van der Waals surface area contributed by atoms with E-state index in [0.29, 0.717) is 28.0 Å². The van der Waals surface area contributed by atoms with E-state index in [1.165, 1.54) is 12.0 Å². The van der Waals surface area contributed by atoms with Gasteiger partial charge in [-0.25, -0.2) is 0 Å². The number of amides is 1. The highest BCUT2D eigenvalue weighted by Gasteiger charge is 2.46. The molecule has 1 amide bonds. The van der Waals surface area contributed by atoms with Gasteiger partial charge in [-0.2, -0.15) is 0 Å². The van der Waals surface area contributed by atoms with E-state index >= 15 is 0 Å². The largest absolute Gasteiger partial charge is 0.507 e. The average Bonchev–Trinajstić information content (AvgIpc) is 3.23. The number of hydrogen-bond donors (Lipinski definition) is 2. The first-order valence-corrected chi connectivity index (χ1v) is 13.6. The number of rotatable bonds is 8. The summed E-state index contributed by atoms with van der Waals surface area (Å²) in [5.41, 5.74) is 3.69. The second kappa shape index (κ2) is 11.9. The van der Waals surface area contributed by atoms with Gasteiger partial charge in [-0.15, -0.1) is 0 Å². The first kappa shape index (κ1) is 27.9. The SMILES string of the molecule is COc1cc(C2/C(=C(\O)c3ccc(OCc4ccccc4C)cc3)C(=O)C(=O)N2Cc2ccncc2)cc(Br)c1O. The summed E-state index contributed by atoms with van der Waals surface area (Å²) in [5, 5.41) is 21.8. The van der Waals surface area contributed by atoms with E-state index < -0.39 is 17.7 Å². The lowest BCUT2D eigenvalue weighted by Gasteiger charge is -2.26. The number of benzene rings is 3. The predicted octanol–water partition coefficient (Wildman–Crippen LogP) is 6.07. The first-order chi connectivity index (χ1) is 19.8. The number of phenols is 1. The summed E-state index contributed by atoms with van der Waals surface area (Å²) < 4.78 is 11.6. The molecule has 1 atom stereocenters. The first-order valence-electron chi connectivity index (χ1n) is 12.8. The summed E-state index contributed by atoms with van der Waals surface area (Å²) in [5.74, 6) is -1.27. The molecule has 0 aliphatic carbocycles. The Bertz CT molecular complexity index is 1640. The van der Waals surface area contributed by atoms with E-state index in [4.69, 9.17) is 9.47 Å². The van der Waals surface area contributed by atoms with E-state index in [1.54, 1.807) is 60.9 Å². The molecule has 1 aromatic heterocycles. The lowest BCUT2D eigenvalue weighted by molar-refractivity contribution is -0.140. The van der Waals surface area contributed by atoms with Gasteiger partial charge in [0, 0.05) is 24.5 Å². The maximum atomic E-state index is 13.4. The third-order valence-corrected chi connectivity index (χ3v) is 7.62. The molecule has 1 saturated heterocycles. The molecule has 41 heavy (non-hydrogen) atoms. The van der Waals surface area contributed by atoms with Crippen molar-refractivity contribution in [3.05, 3.63) is 123 Å². The minimum absolute atomic E-state index is 0.0720. The zero-order valence-electron chi connectivity index (χ0n) is 22.4. The maximum Gasteiger partial charge on any atom is 0.295 e. The Balaban J connectivity index is 1.53. The fourth-order valence-electron chi connectivity index (χ4n) is 4.78. The van der Waals surface area contributed by atoms with Crippen LogP contribution in [0.4, 0.5) is 0 Å². The number of aromatic nitrogens is 1. The molecule has 8 nitrogen and oxygen atoms in total. The highest BCUT2D eigenvalue weighted by Crippen LogP contribution is 2.45. The number of likely N-dealkylation sites (tertiary alicyclic amines) is 1. The highest BCUT2D eigenvalue weighted by molar-refractivity contribution is 9.10. The van der Waals surface area contributed by atoms with Crippen molar-refractivity contribution in [1.29, 1.82) is 0 Å². The summed E-state index contributed by atoms with van der Waals surface area (Å²) in [6.07, 6.45) is 3.20. The molecule has 208 valence electrons. The second-order valence-corrected chi connectivity index (χ2v) is 10.4. The fraction of sp³-hybridized carbons (Fsp3) is 0.156. The number of pyridine rings is 1. The van der Waals surface area contributed by atoms with Crippen LogP contribution >= 0.6 is 15.9 Å². The quantitative estimate of drug-likeness (QED) is 0.141. The van der Waals surface area contributed by atoms with E-state index in [1.807, 2.05) is 31.2 Å². The molecule has 5 rings (SSSR count). The third-order valence-electron chi connectivity index (χ3n) is 7.01. The number of hydrogen-bond acceptors (Lipinski definition) is 7. The van der Waals surface area contributed by atoms with E-state index in [9.17, 15) is 19.8 Å². The van der Waals surface area contributed by atoms with E-state index in [-0.39, 0.29) is 29.4 Å². The number of ether oxygens (including phenoxy) is 2. The minimum Gasteiger partial charge on any atom is -0.507 e. The number of aliphatic hydroxyl groups is 1. The van der Waals surface area contributed by atoms with Crippen molar-refractivity contribution >= 4 is 33.4 Å². The molecular formula is C32H27BrN2O6. The van der Waals surface area contributed by atoms with Gasteiger partial charge in [0.1, 0.15) is 18.1 Å². The molecule has 2 heterocycles. The smallest absolute Gasteiger partial charge is 0.295 e. The van der Waals surface area contributed by atoms with Gasteiger partial charge < -0.3 is 24.6 Å². The third kappa shape index (κ3) is 5.67. The van der Waals surface area contributed by atoms with Gasteiger partial charge in [0.25, 0.3) is 11.7 Å². The van der Waals surface area contributed by atoms with Crippen molar-refractivity contribution in [1.82, 2.24) is 9.88 Å². The van der Waals surface area contributed by atoms with Crippen LogP contribution in [0.2, 0.25) is 0 Å². The van der Waals surface area contributed by atoms with E-state index in [2.05, 4.69) is 20.9 Å². The second-order valence-electron chi connectivity index (χ2n) is 9.58. The lowest BCUT2D eigenvalue weighted by atomic mass is 9.94. The predicted molar refractivity (Wildman–Crippen MR) is 156 cm³/mol. The number of aliphatic hydroxyl groups excluding tert-OH is 1.